The second-order valence-corrected chi connectivity index (χ2v) is 8.64. The van der Waals surface area contributed by atoms with E-state index in [1.807, 2.05) is 0 Å². The van der Waals surface area contributed by atoms with Crippen LogP contribution in [0.3, 0.4) is 0 Å². The Labute approximate surface area is 123 Å². The van der Waals surface area contributed by atoms with Gasteiger partial charge in [-0.25, -0.2) is 0 Å². The highest BCUT2D eigenvalue weighted by atomic mass is 32.2. The van der Waals surface area contributed by atoms with Gasteiger partial charge in [0.05, 0.1) is 19.1 Å². The van der Waals surface area contributed by atoms with E-state index in [9.17, 15) is 16.8 Å². The van der Waals surface area contributed by atoms with Crippen LogP contribution in [0.2, 0.25) is 0 Å². The van der Waals surface area contributed by atoms with Gasteiger partial charge in [0.15, 0.2) is 12.1 Å². The van der Waals surface area contributed by atoms with Crippen LogP contribution in [-0.4, -0.2) is 66.3 Å². The summed E-state index contributed by atoms with van der Waals surface area (Å²) in [6, 6.07) is 0. The highest BCUT2D eigenvalue weighted by molar-refractivity contribution is 7.86. The Hall–Kier alpha value is -0.300. The van der Waals surface area contributed by atoms with E-state index in [1.54, 1.807) is 13.8 Å². The maximum Gasteiger partial charge on any atom is 0.264 e. The summed E-state index contributed by atoms with van der Waals surface area (Å²) in [6.45, 7) is 2.90. The zero-order valence-electron chi connectivity index (χ0n) is 12.0. The maximum absolute atomic E-state index is 11.4. The van der Waals surface area contributed by atoms with Crippen molar-refractivity contribution in [3.05, 3.63) is 0 Å². The molecule has 0 spiro atoms. The first-order valence-electron chi connectivity index (χ1n) is 6.10. The average Bonchev–Trinajstić information content (AvgIpc) is 2.67. The molecule has 0 aromatic rings. The second-order valence-electron chi connectivity index (χ2n) is 5.40. The Bertz CT molecular complexity index is 594. The molecule has 0 radical (unpaired) electrons. The third-order valence-electron chi connectivity index (χ3n) is 2.82. The molecule has 124 valence electrons. The van der Waals surface area contributed by atoms with Crippen LogP contribution in [-0.2, 0) is 42.8 Å². The molecule has 11 heteroatoms. The highest BCUT2D eigenvalue weighted by Gasteiger charge is 2.56. The molecule has 4 atom stereocenters. The van der Waals surface area contributed by atoms with E-state index in [1.165, 1.54) is 0 Å². The van der Waals surface area contributed by atoms with Crippen LogP contribution in [0.25, 0.3) is 0 Å². The molecule has 2 aliphatic rings. The second kappa shape index (κ2) is 5.41. The van der Waals surface area contributed by atoms with Crippen molar-refractivity contribution in [1.29, 1.82) is 0 Å². The molecule has 0 amide bonds. The first kappa shape index (κ1) is 17.1. The van der Waals surface area contributed by atoms with Crippen LogP contribution in [0, 0.1) is 0 Å². The van der Waals surface area contributed by atoms with Gasteiger partial charge in [-0.1, -0.05) is 0 Å². The van der Waals surface area contributed by atoms with Gasteiger partial charge in [-0.15, -0.1) is 0 Å². The molecule has 0 saturated carbocycles. The lowest BCUT2D eigenvalue weighted by atomic mass is 10.1. The van der Waals surface area contributed by atoms with Crippen molar-refractivity contribution in [2.24, 2.45) is 0 Å². The summed E-state index contributed by atoms with van der Waals surface area (Å²) in [5, 5.41) is 0. The van der Waals surface area contributed by atoms with E-state index < -0.39 is 50.6 Å². The van der Waals surface area contributed by atoms with E-state index in [4.69, 9.17) is 18.4 Å². The first-order chi connectivity index (χ1) is 9.36. The van der Waals surface area contributed by atoms with Crippen LogP contribution >= 0.6 is 0 Å². The SMILES string of the molecule is CC1(C)O[C@H]2O[C@H](COS(C)(=O)=O)[C@@H](OS(C)(=O)=O)[C@H]2O1. The summed E-state index contributed by atoms with van der Waals surface area (Å²) in [6.07, 6.45) is -1.86. The summed E-state index contributed by atoms with van der Waals surface area (Å²) < 4.78 is 70.8. The van der Waals surface area contributed by atoms with Crippen molar-refractivity contribution in [2.75, 3.05) is 19.1 Å². The van der Waals surface area contributed by atoms with Gasteiger partial charge in [0.1, 0.15) is 18.3 Å². The molecule has 0 aromatic carbocycles. The Kier molecular flexibility index (Phi) is 4.39. The van der Waals surface area contributed by atoms with Gasteiger partial charge in [0.25, 0.3) is 20.2 Å². The van der Waals surface area contributed by atoms with Crippen molar-refractivity contribution >= 4 is 20.2 Å². The molecule has 0 aliphatic carbocycles. The fourth-order valence-corrected chi connectivity index (χ4v) is 3.21. The minimum atomic E-state index is -3.79. The summed E-state index contributed by atoms with van der Waals surface area (Å²) >= 11 is 0. The Morgan fingerprint density at radius 1 is 1.05 bits per heavy atom. The molecular weight excluding hydrogens is 328 g/mol. The molecule has 2 aliphatic heterocycles. The smallest absolute Gasteiger partial charge is 0.264 e. The lowest BCUT2D eigenvalue weighted by Crippen LogP contribution is -2.40. The molecule has 0 bridgehead atoms. The van der Waals surface area contributed by atoms with E-state index in [0.29, 0.717) is 0 Å². The van der Waals surface area contributed by atoms with Crippen LogP contribution in [0.5, 0.6) is 0 Å². The third kappa shape index (κ3) is 4.58. The Morgan fingerprint density at radius 2 is 1.67 bits per heavy atom. The standard InChI is InChI=1S/C10H18O9S2/c1-10(2)17-8-7(19-21(4,13)14)6(16-9(8)18-10)5-15-20(3,11)12/h6-9H,5H2,1-4H3/t6-,7-,8-,9-/m1/s1. The lowest BCUT2D eigenvalue weighted by Gasteiger charge is -2.24. The number of hydrogen-bond donors (Lipinski definition) is 0. The van der Waals surface area contributed by atoms with Crippen molar-refractivity contribution in [3.63, 3.8) is 0 Å². The minimum Gasteiger partial charge on any atom is -0.341 e. The quantitative estimate of drug-likeness (QED) is 0.589. The van der Waals surface area contributed by atoms with Gasteiger partial charge >= 0.3 is 0 Å². The molecule has 0 unspecified atom stereocenters. The van der Waals surface area contributed by atoms with Crippen molar-refractivity contribution in [3.8, 4) is 0 Å². The van der Waals surface area contributed by atoms with Gasteiger partial charge in [0.2, 0.25) is 0 Å². The molecular formula is C10H18O9S2. The zero-order valence-corrected chi connectivity index (χ0v) is 13.6. The van der Waals surface area contributed by atoms with Gasteiger partial charge in [0, 0.05) is 0 Å². The number of ether oxygens (including phenoxy) is 3. The molecule has 2 fully saturated rings. The molecule has 2 saturated heterocycles. The topological polar surface area (TPSA) is 114 Å². The van der Waals surface area contributed by atoms with Gasteiger partial charge < -0.3 is 14.2 Å². The van der Waals surface area contributed by atoms with Crippen LogP contribution < -0.4 is 0 Å². The summed E-state index contributed by atoms with van der Waals surface area (Å²) in [5.41, 5.74) is 0. The fraction of sp³-hybridized carbons (Fsp3) is 1.00. The minimum absolute atomic E-state index is 0.390. The first-order valence-corrected chi connectivity index (χ1v) is 9.73. The number of hydrogen-bond acceptors (Lipinski definition) is 9. The maximum atomic E-state index is 11.4. The number of fused-ring (bicyclic) bond motifs is 1. The summed E-state index contributed by atoms with van der Waals surface area (Å²) in [5.74, 6) is -0.947. The molecule has 0 N–H and O–H groups in total. The zero-order chi connectivity index (χ0) is 16.1. The van der Waals surface area contributed by atoms with E-state index >= 15 is 0 Å². The summed E-state index contributed by atoms with van der Waals surface area (Å²) in [7, 11) is -7.48. The van der Waals surface area contributed by atoms with Gasteiger partial charge in [-0.3, -0.25) is 8.37 Å². The predicted molar refractivity (Wildman–Crippen MR) is 69.2 cm³/mol. The molecule has 21 heavy (non-hydrogen) atoms. The van der Waals surface area contributed by atoms with Crippen LogP contribution in [0.4, 0.5) is 0 Å². The van der Waals surface area contributed by atoms with Crippen molar-refractivity contribution in [1.82, 2.24) is 0 Å². The van der Waals surface area contributed by atoms with Crippen LogP contribution in [0.1, 0.15) is 13.8 Å². The molecule has 0 aromatic heterocycles. The highest BCUT2D eigenvalue weighted by Crippen LogP contribution is 2.39. The Morgan fingerprint density at radius 3 is 2.19 bits per heavy atom. The lowest BCUT2D eigenvalue weighted by molar-refractivity contribution is -0.215. The third-order valence-corrected chi connectivity index (χ3v) is 3.96. The molecule has 2 rings (SSSR count). The largest absolute Gasteiger partial charge is 0.341 e. The monoisotopic (exact) mass is 346 g/mol. The van der Waals surface area contributed by atoms with E-state index in [0.717, 1.165) is 12.5 Å². The fourth-order valence-electron chi connectivity index (χ4n) is 2.19. The van der Waals surface area contributed by atoms with Gasteiger partial charge in [-0.05, 0) is 13.8 Å². The van der Waals surface area contributed by atoms with Gasteiger partial charge in [-0.2, -0.15) is 16.8 Å². The predicted octanol–water partition coefficient (Wildman–Crippen LogP) is -0.816. The Balaban J connectivity index is 2.14. The number of rotatable bonds is 5. The van der Waals surface area contributed by atoms with Crippen LogP contribution in [0.15, 0.2) is 0 Å². The average molecular weight is 346 g/mol. The molecule has 9 nitrogen and oxygen atoms in total. The van der Waals surface area contributed by atoms with Crippen molar-refractivity contribution in [2.45, 2.75) is 44.2 Å². The van der Waals surface area contributed by atoms with E-state index in [-0.39, 0.29) is 6.61 Å². The van der Waals surface area contributed by atoms with E-state index in [2.05, 4.69) is 4.18 Å². The summed E-state index contributed by atoms with van der Waals surface area (Å²) in [4.78, 5) is 0. The normalized spacial score (nSPS) is 35.8. The molecule has 2 heterocycles. The van der Waals surface area contributed by atoms with Crippen molar-refractivity contribution < 1.29 is 39.4 Å².